The number of carbonyl (C=O) groups excluding carboxylic acids is 4. The molecule has 2 heterocycles. The van der Waals surface area contributed by atoms with E-state index in [2.05, 4.69) is 58.8 Å². The first kappa shape index (κ1) is 50.6. The third-order valence-corrected chi connectivity index (χ3v) is 11.9. The second kappa shape index (κ2) is 28.6. The van der Waals surface area contributed by atoms with Crippen LogP contribution in [0.25, 0.3) is 0 Å². The van der Waals surface area contributed by atoms with E-state index in [0.717, 1.165) is 116 Å². The van der Waals surface area contributed by atoms with Crippen LogP contribution in [0, 0.1) is 5.41 Å². The molecule has 6 atom stereocenters. The molecule has 0 radical (unpaired) electrons. The highest BCUT2D eigenvalue weighted by Gasteiger charge is 2.34. The van der Waals surface area contributed by atoms with Crippen LogP contribution in [0.15, 0.2) is 0 Å². The summed E-state index contributed by atoms with van der Waals surface area (Å²) in [6.07, 6.45) is 15.9. The molecule has 0 aromatic rings. The fourth-order valence-corrected chi connectivity index (χ4v) is 7.95. The molecule has 4 rings (SSSR count). The van der Waals surface area contributed by atoms with Gasteiger partial charge in [0.05, 0.1) is 26.4 Å². The molecule has 16 nitrogen and oxygen atoms in total. The minimum Gasteiger partial charge on any atom is -0.446 e. The summed E-state index contributed by atoms with van der Waals surface area (Å²) in [5.41, 5.74) is -0.323. The van der Waals surface area contributed by atoms with Crippen molar-refractivity contribution in [3.8, 4) is 0 Å². The van der Waals surface area contributed by atoms with Gasteiger partial charge in [-0.2, -0.15) is 0 Å². The molecule has 16 heteroatoms. The Bertz CT molecular complexity index is 1170. The summed E-state index contributed by atoms with van der Waals surface area (Å²) in [4.78, 5) is 53.9. The predicted octanol–water partition coefficient (Wildman–Crippen LogP) is 6.88. The van der Waals surface area contributed by atoms with E-state index in [1.807, 2.05) is 0 Å². The number of alkyl carbamates (subject to hydrolysis) is 4. The number of carbonyl (C=O) groups is 4. The molecule has 2 aliphatic carbocycles. The van der Waals surface area contributed by atoms with Gasteiger partial charge in [0.15, 0.2) is 0 Å². The molecule has 61 heavy (non-hydrogen) atoms. The second-order valence-electron chi connectivity index (χ2n) is 18.7. The highest BCUT2D eigenvalue weighted by atomic mass is 16.6. The Kier molecular flexibility index (Phi) is 23.7. The first-order valence-corrected chi connectivity index (χ1v) is 23.9. The summed E-state index contributed by atoms with van der Waals surface area (Å²) in [6, 6.07) is 0.940. The van der Waals surface area contributed by atoms with E-state index < -0.39 is 24.4 Å². The highest BCUT2D eigenvalue weighted by molar-refractivity contribution is 5.68. The molecule has 4 aliphatic rings. The van der Waals surface area contributed by atoms with Crippen molar-refractivity contribution in [1.29, 1.82) is 0 Å². The van der Waals surface area contributed by atoms with Gasteiger partial charge in [0, 0.05) is 69.9 Å². The van der Waals surface area contributed by atoms with Gasteiger partial charge >= 0.3 is 24.4 Å². The number of unbranched alkanes of at least 4 members (excludes halogenated alkanes) is 6. The summed E-state index contributed by atoms with van der Waals surface area (Å²) in [7, 11) is 0. The molecule has 0 aromatic carbocycles. The maximum absolute atomic E-state index is 12.7. The fraction of sp³-hybridized carbons (Fsp3) is 0.911. The first-order chi connectivity index (χ1) is 29.5. The van der Waals surface area contributed by atoms with E-state index in [4.69, 9.17) is 28.4 Å². The van der Waals surface area contributed by atoms with E-state index in [9.17, 15) is 19.2 Å². The second-order valence-corrected chi connectivity index (χ2v) is 18.7. The zero-order valence-electron chi connectivity index (χ0n) is 38.2. The van der Waals surface area contributed by atoms with Crippen LogP contribution in [-0.2, 0) is 28.4 Å². The molecule has 4 amide bonds. The molecular formula is C45H82N6O10. The van der Waals surface area contributed by atoms with Crippen molar-refractivity contribution >= 4 is 24.4 Å². The fourth-order valence-electron chi connectivity index (χ4n) is 7.95. The van der Waals surface area contributed by atoms with Crippen LogP contribution in [0.2, 0.25) is 0 Å². The average Bonchev–Trinajstić information content (AvgIpc) is 4.13. The van der Waals surface area contributed by atoms with Gasteiger partial charge in [-0.15, -0.1) is 0 Å². The number of amides is 4. The molecule has 2 saturated carbocycles. The predicted molar refractivity (Wildman–Crippen MR) is 234 cm³/mol. The van der Waals surface area contributed by atoms with Gasteiger partial charge in [-0.25, -0.2) is 19.2 Å². The van der Waals surface area contributed by atoms with Crippen LogP contribution in [0.4, 0.5) is 19.2 Å². The van der Waals surface area contributed by atoms with Crippen molar-refractivity contribution in [1.82, 2.24) is 31.1 Å². The lowest BCUT2D eigenvalue weighted by atomic mass is 9.96. The van der Waals surface area contributed by atoms with Crippen LogP contribution in [0.3, 0.4) is 0 Å². The smallest absolute Gasteiger partial charge is 0.407 e. The van der Waals surface area contributed by atoms with E-state index in [1.54, 1.807) is 0 Å². The summed E-state index contributed by atoms with van der Waals surface area (Å²) >= 11 is 0. The van der Waals surface area contributed by atoms with Crippen molar-refractivity contribution in [3.63, 3.8) is 0 Å². The monoisotopic (exact) mass is 867 g/mol. The third kappa shape index (κ3) is 23.8. The molecule has 0 bridgehead atoms. The maximum Gasteiger partial charge on any atom is 0.407 e. The zero-order chi connectivity index (χ0) is 43.7. The van der Waals surface area contributed by atoms with Crippen LogP contribution in [0.5, 0.6) is 0 Å². The summed E-state index contributed by atoms with van der Waals surface area (Å²) in [5, 5.41) is 11.5. The highest BCUT2D eigenvalue weighted by Crippen LogP contribution is 2.23. The maximum atomic E-state index is 12.7. The Balaban J connectivity index is 1.02. The minimum absolute atomic E-state index is 0.0636. The normalized spacial score (nSPS) is 22.6. The van der Waals surface area contributed by atoms with Crippen LogP contribution in [-0.4, -0.2) is 149 Å². The number of nitrogens with one attached hydrogen (secondary N) is 4. The molecule has 352 valence electrons. The Morgan fingerprint density at radius 3 is 1.18 bits per heavy atom. The van der Waals surface area contributed by atoms with E-state index >= 15 is 0 Å². The number of ether oxygens (including phenoxy) is 6. The first-order valence-electron chi connectivity index (χ1n) is 23.9. The Morgan fingerprint density at radius 2 is 0.852 bits per heavy atom. The van der Waals surface area contributed by atoms with Gasteiger partial charge in [0.25, 0.3) is 0 Å². The standard InChI is InChI=1S/C45H82N6O10/c1-35-27-50(35)29-39(60-43(54)48-25-17-7-5-15-23-46-41(52)58-37-19-11-9-12-20-37)31-56-33-45(3,4)34-57-32-40(30-51-28-36(51)2)61-44(55)49-26-18-8-6-16-24-47-42(53)59-38-21-13-10-14-22-38/h35-40H,5-34H2,1-4H3,(H,46,52)(H,47,53)(H,48,54)(H,49,55). The molecular weight excluding hydrogens is 785 g/mol. The summed E-state index contributed by atoms with van der Waals surface area (Å²) in [5.74, 6) is 0. The summed E-state index contributed by atoms with van der Waals surface area (Å²) < 4.78 is 34.8. The van der Waals surface area contributed by atoms with Crippen molar-refractivity contribution in [3.05, 3.63) is 0 Å². The van der Waals surface area contributed by atoms with Crippen molar-refractivity contribution in [2.24, 2.45) is 5.41 Å². The van der Waals surface area contributed by atoms with E-state index in [0.29, 0.717) is 64.6 Å². The molecule has 0 aromatic heterocycles. The zero-order valence-corrected chi connectivity index (χ0v) is 38.2. The number of hydrogen-bond donors (Lipinski definition) is 4. The topological polar surface area (TPSA) is 178 Å². The Morgan fingerprint density at radius 1 is 0.525 bits per heavy atom. The SMILES string of the molecule is CC1CN1CC(COCC(C)(C)COCC(CN1CC1C)OC(=O)NCCCCCCNC(=O)OC1CCCCC1)OC(=O)NCCCCCCNC(=O)OC1CCCCC1. The van der Waals surface area contributed by atoms with E-state index in [-0.39, 0.29) is 43.0 Å². The van der Waals surface area contributed by atoms with Gasteiger partial charge in [0.2, 0.25) is 0 Å². The van der Waals surface area contributed by atoms with E-state index in [1.165, 1.54) is 12.8 Å². The quantitative estimate of drug-likeness (QED) is 0.0335. The summed E-state index contributed by atoms with van der Waals surface area (Å²) in [6.45, 7) is 15.2. The number of nitrogens with zero attached hydrogens (tertiary/aromatic N) is 2. The lowest BCUT2D eigenvalue weighted by molar-refractivity contribution is -0.0519. The molecule has 4 fully saturated rings. The van der Waals surface area contributed by atoms with Crippen molar-refractivity contribution in [2.75, 3.05) is 78.8 Å². The van der Waals surface area contributed by atoms with Gasteiger partial charge in [-0.3, -0.25) is 9.80 Å². The average molecular weight is 867 g/mol. The Labute approximate surface area is 366 Å². The molecule has 4 N–H and O–H groups in total. The Hall–Kier alpha value is -3.08. The van der Waals surface area contributed by atoms with Crippen molar-refractivity contribution in [2.45, 2.75) is 180 Å². The van der Waals surface area contributed by atoms with Crippen LogP contribution in [0.1, 0.15) is 143 Å². The molecule has 2 saturated heterocycles. The lowest BCUT2D eigenvalue weighted by Gasteiger charge is -2.27. The molecule has 6 unspecified atom stereocenters. The van der Waals surface area contributed by atoms with Gasteiger partial charge in [-0.1, -0.05) is 52.4 Å². The van der Waals surface area contributed by atoms with Crippen LogP contribution < -0.4 is 21.3 Å². The lowest BCUT2D eigenvalue weighted by Crippen LogP contribution is -2.38. The van der Waals surface area contributed by atoms with Crippen molar-refractivity contribution < 1.29 is 47.6 Å². The molecule has 2 aliphatic heterocycles. The minimum atomic E-state index is -0.439. The van der Waals surface area contributed by atoms with Gasteiger partial charge in [-0.05, 0) is 90.9 Å². The van der Waals surface area contributed by atoms with Gasteiger partial charge in [0.1, 0.15) is 24.4 Å². The number of rotatable bonds is 30. The van der Waals surface area contributed by atoms with Crippen LogP contribution >= 0.6 is 0 Å². The largest absolute Gasteiger partial charge is 0.446 e. The number of hydrogen-bond acceptors (Lipinski definition) is 12. The van der Waals surface area contributed by atoms with Gasteiger partial charge < -0.3 is 49.7 Å². The third-order valence-electron chi connectivity index (χ3n) is 11.9. The molecule has 0 spiro atoms.